The number of carbonyl (C=O) groups excluding carboxylic acids is 2. The summed E-state index contributed by atoms with van der Waals surface area (Å²) in [6.45, 7) is 2.62. The lowest BCUT2D eigenvalue weighted by Gasteiger charge is -2.30. The molecule has 1 aliphatic heterocycles. The molecule has 1 saturated heterocycles. The van der Waals surface area contributed by atoms with E-state index in [2.05, 4.69) is 10.9 Å². The number of sulfonamides is 1. The minimum absolute atomic E-state index is 0.0441. The van der Waals surface area contributed by atoms with E-state index in [4.69, 9.17) is 0 Å². The van der Waals surface area contributed by atoms with Crippen molar-refractivity contribution in [1.29, 1.82) is 0 Å². The third-order valence-electron chi connectivity index (χ3n) is 5.33. The molecule has 0 atom stereocenters. The van der Waals surface area contributed by atoms with Crippen molar-refractivity contribution < 1.29 is 18.0 Å². The summed E-state index contributed by atoms with van der Waals surface area (Å²) in [5.74, 6) is -1.06. The van der Waals surface area contributed by atoms with Crippen LogP contribution in [0, 0.1) is 5.92 Å². The Morgan fingerprint density at radius 2 is 1.57 bits per heavy atom. The first-order chi connectivity index (χ1) is 14.4. The van der Waals surface area contributed by atoms with E-state index in [1.54, 1.807) is 24.3 Å². The molecule has 2 aromatic rings. The Labute approximate surface area is 177 Å². The first kappa shape index (κ1) is 22.0. The predicted molar refractivity (Wildman–Crippen MR) is 115 cm³/mol. The molecule has 8 heteroatoms. The fourth-order valence-electron chi connectivity index (χ4n) is 3.46. The van der Waals surface area contributed by atoms with Gasteiger partial charge in [-0.1, -0.05) is 49.4 Å². The lowest BCUT2D eigenvalue weighted by molar-refractivity contribution is -0.126. The highest BCUT2D eigenvalue weighted by atomic mass is 32.2. The van der Waals surface area contributed by atoms with Crippen LogP contribution in [0.3, 0.4) is 0 Å². The summed E-state index contributed by atoms with van der Waals surface area (Å²) in [4.78, 5) is 24.6. The Hall–Kier alpha value is -2.71. The van der Waals surface area contributed by atoms with Crippen LogP contribution in [0.15, 0.2) is 54.6 Å². The smallest absolute Gasteiger partial charge is 0.269 e. The van der Waals surface area contributed by atoms with Crippen LogP contribution in [-0.4, -0.2) is 37.6 Å². The third kappa shape index (κ3) is 5.67. The van der Waals surface area contributed by atoms with Gasteiger partial charge in [-0.3, -0.25) is 20.4 Å². The van der Waals surface area contributed by atoms with Crippen molar-refractivity contribution in [1.82, 2.24) is 15.2 Å². The maximum absolute atomic E-state index is 12.6. The van der Waals surface area contributed by atoms with Crippen molar-refractivity contribution in [2.75, 3.05) is 13.1 Å². The second kappa shape index (κ2) is 9.86. The average molecular weight is 430 g/mol. The normalized spacial score (nSPS) is 15.5. The van der Waals surface area contributed by atoms with Gasteiger partial charge in [-0.2, -0.15) is 0 Å². The molecular weight excluding hydrogens is 402 g/mol. The van der Waals surface area contributed by atoms with Crippen LogP contribution < -0.4 is 10.9 Å². The van der Waals surface area contributed by atoms with E-state index < -0.39 is 10.0 Å². The Morgan fingerprint density at radius 1 is 0.933 bits per heavy atom. The number of rotatable bonds is 6. The van der Waals surface area contributed by atoms with Crippen LogP contribution in [0.4, 0.5) is 0 Å². The van der Waals surface area contributed by atoms with Gasteiger partial charge in [0, 0.05) is 24.6 Å². The molecule has 0 saturated carbocycles. The standard InChI is InChI=1S/C22H27N3O4S/c1-2-17-8-10-19(11-9-17)21(26)23-24-22(27)20-12-14-25(15-13-20)30(28,29)16-18-6-4-3-5-7-18/h3-11,20H,2,12-16H2,1H3,(H,23,26)(H,24,27). The van der Waals surface area contributed by atoms with Crippen molar-refractivity contribution in [2.45, 2.75) is 31.9 Å². The van der Waals surface area contributed by atoms with Gasteiger partial charge >= 0.3 is 0 Å². The van der Waals surface area contributed by atoms with Crippen LogP contribution in [-0.2, 0) is 27.0 Å². The summed E-state index contributed by atoms with van der Waals surface area (Å²) in [6.07, 6.45) is 1.72. The quantitative estimate of drug-likeness (QED) is 0.689. The summed E-state index contributed by atoms with van der Waals surface area (Å²) < 4.78 is 26.7. The number of hydrogen-bond acceptors (Lipinski definition) is 4. The van der Waals surface area contributed by atoms with E-state index in [1.807, 2.05) is 37.3 Å². The summed E-state index contributed by atoms with van der Waals surface area (Å²) in [6, 6.07) is 16.2. The van der Waals surface area contributed by atoms with Crippen molar-refractivity contribution in [3.05, 3.63) is 71.3 Å². The highest BCUT2D eigenvalue weighted by molar-refractivity contribution is 7.88. The van der Waals surface area contributed by atoms with E-state index in [0.717, 1.165) is 17.5 Å². The summed E-state index contributed by atoms with van der Waals surface area (Å²) in [5, 5.41) is 0. The van der Waals surface area contributed by atoms with Gasteiger partial charge < -0.3 is 0 Å². The van der Waals surface area contributed by atoms with E-state index in [1.165, 1.54) is 4.31 Å². The highest BCUT2D eigenvalue weighted by Gasteiger charge is 2.31. The molecule has 0 unspecified atom stereocenters. The molecule has 2 N–H and O–H groups in total. The molecule has 2 aromatic carbocycles. The predicted octanol–water partition coefficient (Wildman–Crippen LogP) is 2.25. The van der Waals surface area contributed by atoms with Gasteiger partial charge in [-0.15, -0.1) is 0 Å². The zero-order valence-corrected chi connectivity index (χ0v) is 17.8. The van der Waals surface area contributed by atoms with Gasteiger partial charge in [0.15, 0.2) is 0 Å². The maximum Gasteiger partial charge on any atom is 0.269 e. The molecule has 160 valence electrons. The lowest BCUT2D eigenvalue weighted by atomic mass is 9.98. The second-order valence-electron chi connectivity index (χ2n) is 7.41. The molecule has 3 rings (SSSR count). The molecule has 2 amide bonds. The number of hydrazine groups is 1. The first-order valence-electron chi connectivity index (χ1n) is 10.1. The minimum Gasteiger partial charge on any atom is -0.273 e. The van der Waals surface area contributed by atoms with Crippen LogP contribution in [0.1, 0.15) is 41.3 Å². The summed E-state index contributed by atoms with van der Waals surface area (Å²) in [7, 11) is -3.42. The number of amides is 2. The van der Waals surface area contributed by atoms with Crippen LogP contribution >= 0.6 is 0 Å². The average Bonchev–Trinajstić information content (AvgIpc) is 2.77. The monoisotopic (exact) mass is 429 g/mol. The molecule has 0 aliphatic carbocycles. The molecule has 7 nitrogen and oxygen atoms in total. The molecule has 0 radical (unpaired) electrons. The Morgan fingerprint density at radius 3 is 2.17 bits per heavy atom. The minimum atomic E-state index is -3.42. The first-order valence-corrected chi connectivity index (χ1v) is 11.7. The summed E-state index contributed by atoms with van der Waals surface area (Å²) in [5.41, 5.74) is 7.24. The second-order valence-corrected chi connectivity index (χ2v) is 9.38. The Balaban J connectivity index is 1.47. The molecule has 1 heterocycles. The fraction of sp³-hybridized carbons (Fsp3) is 0.364. The molecule has 1 aliphatic rings. The summed E-state index contributed by atoms with van der Waals surface area (Å²) >= 11 is 0. The van der Waals surface area contributed by atoms with Gasteiger partial charge in [0.05, 0.1) is 5.75 Å². The maximum atomic E-state index is 12.6. The van der Waals surface area contributed by atoms with Crippen LogP contribution in [0.5, 0.6) is 0 Å². The topological polar surface area (TPSA) is 95.6 Å². The van der Waals surface area contributed by atoms with E-state index in [-0.39, 0.29) is 23.5 Å². The van der Waals surface area contributed by atoms with E-state index >= 15 is 0 Å². The van der Waals surface area contributed by atoms with E-state index in [0.29, 0.717) is 31.5 Å². The molecule has 0 bridgehead atoms. The van der Waals surface area contributed by atoms with Gasteiger partial charge in [0.2, 0.25) is 15.9 Å². The Kier molecular flexibility index (Phi) is 7.23. The molecular formula is C22H27N3O4S. The number of nitrogens with zero attached hydrogens (tertiary/aromatic N) is 1. The fourth-order valence-corrected chi connectivity index (χ4v) is 5.02. The van der Waals surface area contributed by atoms with Crippen LogP contribution in [0.2, 0.25) is 0 Å². The zero-order chi connectivity index (χ0) is 21.6. The number of aryl methyl sites for hydroxylation is 1. The number of carbonyl (C=O) groups is 2. The van der Waals surface area contributed by atoms with Gasteiger partial charge in [0.25, 0.3) is 5.91 Å². The zero-order valence-electron chi connectivity index (χ0n) is 17.0. The largest absolute Gasteiger partial charge is 0.273 e. The van der Waals surface area contributed by atoms with Gasteiger partial charge in [0.1, 0.15) is 0 Å². The van der Waals surface area contributed by atoms with Crippen molar-refractivity contribution in [3.8, 4) is 0 Å². The molecule has 1 fully saturated rings. The molecule has 30 heavy (non-hydrogen) atoms. The molecule has 0 spiro atoms. The molecule has 0 aromatic heterocycles. The number of piperidine rings is 1. The number of nitrogens with one attached hydrogen (secondary N) is 2. The lowest BCUT2D eigenvalue weighted by Crippen LogP contribution is -2.48. The SMILES string of the molecule is CCc1ccc(C(=O)NNC(=O)C2CCN(S(=O)(=O)Cc3ccccc3)CC2)cc1. The van der Waals surface area contributed by atoms with E-state index in [9.17, 15) is 18.0 Å². The van der Waals surface area contributed by atoms with Crippen molar-refractivity contribution in [3.63, 3.8) is 0 Å². The van der Waals surface area contributed by atoms with Gasteiger partial charge in [-0.25, -0.2) is 12.7 Å². The highest BCUT2D eigenvalue weighted by Crippen LogP contribution is 2.21. The van der Waals surface area contributed by atoms with Crippen molar-refractivity contribution in [2.24, 2.45) is 5.92 Å². The van der Waals surface area contributed by atoms with Crippen molar-refractivity contribution >= 4 is 21.8 Å². The number of hydrogen-bond donors (Lipinski definition) is 2. The third-order valence-corrected chi connectivity index (χ3v) is 7.18. The number of benzene rings is 2. The van der Waals surface area contributed by atoms with Gasteiger partial charge in [-0.05, 0) is 42.5 Å². The Bertz CT molecular complexity index is 967. The van der Waals surface area contributed by atoms with Crippen LogP contribution in [0.25, 0.3) is 0 Å².